The summed E-state index contributed by atoms with van der Waals surface area (Å²) in [6.07, 6.45) is 1.27. The van der Waals surface area contributed by atoms with Crippen molar-refractivity contribution in [1.29, 1.82) is 0 Å². The Morgan fingerprint density at radius 3 is 2.58 bits per heavy atom. The predicted molar refractivity (Wildman–Crippen MR) is 67.8 cm³/mol. The van der Waals surface area contributed by atoms with Crippen molar-refractivity contribution in [3.05, 3.63) is 0 Å². The van der Waals surface area contributed by atoms with Gasteiger partial charge < -0.3 is 25.2 Å². The molecule has 3 N–H and O–H groups in total. The molecule has 0 radical (unpaired) electrons. The van der Waals surface area contributed by atoms with Crippen LogP contribution in [-0.4, -0.2) is 66.1 Å². The number of nitrogens with one attached hydrogen (secondary N) is 1. The van der Waals surface area contributed by atoms with E-state index in [2.05, 4.69) is 5.32 Å². The fourth-order valence-corrected chi connectivity index (χ4v) is 1.47. The van der Waals surface area contributed by atoms with Crippen LogP contribution in [0.4, 0.5) is 4.79 Å². The highest BCUT2D eigenvalue weighted by molar-refractivity contribution is 5.82. The maximum atomic E-state index is 11.7. The lowest BCUT2D eigenvalue weighted by Crippen LogP contribution is -2.51. The number of carbonyl (C=O) groups excluding carboxylic acids is 1. The molecule has 0 aromatic carbocycles. The lowest BCUT2D eigenvalue weighted by molar-refractivity contribution is -0.141. The van der Waals surface area contributed by atoms with E-state index < -0.39 is 24.1 Å². The molecule has 7 heteroatoms. The summed E-state index contributed by atoms with van der Waals surface area (Å²) in [5.41, 5.74) is 0. The monoisotopic (exact) mass is 274 g/mol. The second-order valence-electron chi connectivity index (χ2n) is 4.95. The first-order valence-electron chi connectivity index (χ1n) is 6.42. The van der Waals surface area contributed by atoms with E-state index >= 15 is 0 Å². The van der Waals surface area contributed by atoms with Crippen LogP contribution in [0.25, 0.3) is 0 Å². The molecule has 0 spiro atoms. The molecule has 1 rings (SSSR count). The summed E-state index contributed by atoms with van der Waals surface area (Å²) in [5, 5.41) is 20.4. The van der Waals surface area contributed by atoms with Gasteiger partial charge in [0, 0.05) is 20.2 Å². The molecule has 110 valence electrons. The lowest BCUT2D eigenvalue weighted by Gasteiger charge is -2.22. The molecule has 0 bridgehead atoms. The summed E-state index contributed by atoms with van der Waals surface area (Å²) in [6.45, 7) is 2.84. The van der Waals surface area contributed by atoms with Gasteiger partial charge in [-0.1, -0.05) is 0 Å². The summed E-state index contributed by atoms with van der Waals surface area (Å²) >= 11 is 0. The number of aliphatic hydroxyl groups is 1. The molecule has 0 aliphatic heterocycles. The van der Waals surface area contributed by atoms with Crippen molar-refractivity contribution in [2.75, 3.05) is 26.8 Å². The van der Waals surface area contributed by atoms with Crippen LogP contribution in [-0.2, 0) is 9.53 Å². The lowest BCUT2D eigenvalue weighted by atomic mass is 10.2. The second kappa shape index (κ2) is 7.30. The number of carboxylic acids is 1. The topological polar surface area (TPSA) is 99.1 Å². The van der Waals surface area contributed by atoms with E-state index in [-0.39, 0.29) is 0 Å². The Labute approximate surface area is 112 Å². The number of carbonyl (C=O) groups is 2. The normalized spacial score (nSPS) is 17.6. The van der Waals surface area contributed by atoms with Gasteiger partial charge in [-0.2, -0.15) is 0 Å². The van der Waals surface area contributed by atoms with E-state index in [4.69, 9.17) is 9.84 Å². The highest BCUT2D eigenvalue weighted by atomic mass is 16.5. The minimum atomic E-state index is -1.30. The average Bonchev–Trinajstić information content (AvgIpc) is 3.14. The molecule has 1 fully saturated rings. The smallest absolute Gasteiger partial charge is 0.328 e. The molecule has 2 unspecified atom stereocenters. The van der Waals surface area contributed by atoms with E-state index in [0.29, 0.717) is 19.1 Å². The Balaban J connectivity index is 2.23. The maximum Gasteiger partial charge on any atom is 0.328 e. The van der Waals surface area contributed by atoms with Crippen LogP contribution in [0.15, 0.2) is 0 Å². The van der Waals surface area contributed by atoms with Gasteiger partial charge in [0.2, 0.25) is 0 Å². The zero-order chi connectivity index (χ0) is 14.4. The standard InChI is InChI=1S/C12H22N2O5/c1-8(15)10(11(16)17)13-12(18)14(2)5-6-19-7-9-3-4-9/h8-10,15H,3-7H2,1-2H3,(H,13,18)(H,16,17). The Kier molecular flexibility index (Phi) is 6.04. The van der Waals surface area contributed by atoms with Crippen LogP contribution in [0.2, 0.25) is 0 Å². The highest BCUT2D eigenvalue weighted by Gasteiger charge is 2.26. The number of hydrogen-bond donors (Lipinski definition) is 3. The maximum absolute atomic E-state index is 11.7. The molecular weight excluding hydrogens is 252 g/mol. The van der Waals surface area contributed by atoms with Gasteiger partial charge in [0.15, 0.2) is 6.04 Å². The Morgan fingerprint density at radius 1 is 1.47 bits per heavy atom. The fourth-order valence-electron chi connectivity index (χ4n) is 1.47. The largest absolute Gasteiger partial charge is 0.480 e. The molecule has 2 atom stereocenters. The number of urea groups is 1. The first-order valence-corrected chi connectivity index (χ1v) is 6.42. The number of carboxylic acid groups (broad SMARTS) is 1. The Bertz CT molecular complexity index is 317. The van der Waals surface area contributed by atoms with Gasteiger partial charge in [0.1, 0.15) is 0 Å². The van der Waals surface area contributed by atoms with Crippen LogP contribution in [0, 0.1) is 5.92 Å². The molecule has 0 saturated heterocycles. The number of amides is 2. The quantitative estimate of drug-likeness (QED) is 0.536. The third-order valence-corrected chi connectivity index (χ3v) is 3.00. The van der Waals surface area contributed by atoms with Gasteiger partial charge in [0.25, 0.3) is 0 Å². The van der Waals surface area contributed by atoms with Crippen molar-refractivity contribution in [1.82, 2.24) is 10.2 Å². The summed E-state index contributed by atoms with van der Waals surface area (Å²) in [6, 6.07) is -1.84. The number of hydrogen-bond acceptors (Lipinski definition) is 4. The summed E-state index contributed by atoms with van der Waals surface area (Å²) in [4.78, 5) is 23.8. The molecule has 1 aliphatic rings. The van der Waals surface area contributed by atoms with E-state index in [0.717, 1.165) is 6.61 Å². The molecule has 7 nitrogen and oxygen atoms in total. The van der Waals surface area contributed by atoms with Crippen molar-refractivity contribution in [2.45, 2.75) is 31.9 Å². The van der Waals surface area contributed by atoms with Crippen LogP contribution in [0.3, 0.4) is 0 Å². The molecule has 1 aliphatic carbocycles. The number of rotatable bonds is 8. The fraction of sp³-hybridized carbons (Fsp3) is 0.833. The molecule has 2 amide bonds. The zero-order valence-corrected chi connectivity index (χ0v) is 11.3. The molecular formula is C12H22N2O5. The number of ether oxygens (including phenoxy) is 1. The van der Waals surface area contributed by atoms with Crippen molar-refractivity contribution in [3.63, 3.8) is 0 Å². The average molecular weight is 274 g/mol. The SMILES string of the molecule is CC(O)C(NC(=O)N(C)CCOCC1CC1)C(=O)O. The minimum absolute atomic E-state index is 0.380. The van der Waals surface area contributed by atoms with Gasteiger partial charge in [0.05, 0.1) is 12.7 Å². The third kappa shape index (κ3) is 5.89. The first kappa shape index (κ1) is 15.7. The third-order valence-electron chi connectivity index (χ3n) is 3.00. The molecule has 0 aromatic rings. The summed E-state index contributed by atoms with van der Waals surface area (Å²) < 4.78 is 5.39. The van der Waals surface area contributed by atoms with E-state index in [9.17, 15) is 14.7 Å². The van der Waals surface area contributed by atoms with E-state index in [1.54, 1.807) is 7.05 Å². The first-order chi connectivity index (χ1) is 8.91. The van der Waals surface area contributed by atoms with Gasteiger partial charge in [-0.15, -0.1) is 0 Å². The van der Waals surface area contributed by atoms with Crippen molar-refractivity contribution in [3.8, 4) is 0 Å². The second-order valence-corrected chi connectivity index (χ2v) is 4.95. The van der Waals surface area contributed by atoms with Crippen LogP contribution in [0.5, 0.6) is 0 Å². The zero-order valence-electron chi connectivity index (χ0n) is 11.3. The van der Waals surface area contributed by atoms with Gasteiger partial charge in [-0.3, -0.25) is 0 Å². The van der Waals surface area contributed by atoms with Crippen LogP contribution in [0.1, 0.15) is 19.8 Å². The molecule has 0 aromatic heterocycles. The number of aliphatic carboxylic acids is 1. The van der Waals surface area contributed by atoms with E-state index in [1.165, 1.54) is 24.7 Å². The molecule has 1 saturated carbocycles. The minimum Gasteiger partial charge on any atom is -0.480 e. The number of nitrogens with zero attached hydrogens (tertiary/aromatic N) is 1. The van der Waals surface area contributed by atoms with Crippen LogP contribution < -0.4 is 5.32 Å². The molecule has 0 heterocycles. The Hall–Kier alpha value is -1.34. The van der Waals surface area contributed by atoms with Crippen molar-refractivity contribution < 1.29 is 24.5 Å². The number of aliphatic hydroxyl groups excluding tert-OH is 1. The van der Waals surface area contributed by atoms with E-state index in [1.807, 2.05) is 0 Å². The molecule has 19 heavy (non-hydrogen) atoms. The highest BCUT2D eigenvalue weighted by Crippen LogP contribution is 2.28. The van der Waals surface area contributed by atoms with Crippen molar-refractivity contribution >= 4 is 12.0 Å². The predicted octanol–water partition coefficient (Wildman–Crippen LogP) is -0.112. The number of likely N-dealkylation sites (N-methyl/N-ethyl adjacent to an activating group) is 1. The summed E-state index contributed by atoms with van der Waals surface area (Å²) in [7, 11) is 1.55. The van der Waals surface area contributed by atoms with Gasteiger partial charge in [-0.25, -0.2) is 9.59 Å². The van der Waals surface area contributed by atoms with Gasteiger partial charge >= 0.3 is 12.0 Å². The van der Waals surface area contributed by atoms with Crippen molar-refractivity contribution in [2.24, 2.45) is 5.92 Å². The Morgan fingerprint density at radius 2 is 2.11 bits per heavy atom. The summed E-state index contributed by atoms with van der Waals surface area (Å²) in [5.74, 6) is -0.590. The van der Waals surface area contributed by atoms with Crippen LogP contribution >= 0.6 is 0 Å². The van der Waals surface area contributed by atoms with Gasteiger partial charge in [-0.05, 0) is 25.7 Å².